The second-order valence-electron chi connectivity index (χ2n) is 5.69. The summed E-state index contributed by atoms with van der Waals surface area (Å²) in [6.45, 7) is 0.430. The van der Waals surface area contributed by atoms with Crippen LogP contribution in [-0.2, 0) is 16.4 Å². The van der Waals surface area contributed by atoms with Crippen LogP contribution in [0.5, 0.6) is 5.75 Å². The minimum Gasteiger partial charge on any atom is -0.508 e. The molecule has 0 aliphatic carbocycles. The summed E-state index contributed by atoms with van der Waals surface area (Å²) in [5.41, 5.74) is 1.67. The fraction of sp³-hybridized carbons (Fsp3) is 0.111. The number of hydrogen-bond acceptors (Lipinski definition) is 7. The number of nitrogens with zero attached hydrogens (tertiary/aromatic N) is 2. The topological polar surface area (TPSA) is 104 Å². The van der Waals surface area contributed by atoms with Gasteiger partial charge in [-0.25, -0.2) is 13.4 Å². The number of hydrogen-bond donors (Lipinski definition) is 3. The van der Waals surface area contributed by atoms with E-state index < -0.39 is 9.84 Å². The molecular weight excluding hydrogens is 352 g/mol. The highest BCUT2D eigenvalue weighted by atomic mass is 32.2. The zero-order valence-electron chi connectivity index (χ0n) is 14.0. The first-order valence-corrected chi connectivity index (χ1v) is 9.72. The fourth-order valence-corrected chi connectivity index (χ4v) is 3.00. The second-order valence-corrected chi connectivity index (χ2v) is 7.67. The monoisotopic (exact) mass is 370 g/mol. The Morgan fingerprint density at radius 3 is 2.38 bits per heavy atom. The van der Waals surface area contributed by atoms with E-state index in [1.165, 1.54) is 18.3 Å². The van der Waals surface area contributed by atoms with E-state index in [2.05, 4.69) is 20.6 Å². The van der Waals surface area contributed by atoms with Crippen LogP contribution in [0, 0.1) is 0 Å². The summed E-state index contributed by atoms with van der Waals surface area (Å²) in [4.78, 5) is 8.40. The van der Waals surface area contributed by atoms with E-state index in [9.17, 15) is 13.5 Å². The van der Waals surface area contributed by atoms with Gasteiger partial charge in [-0.15, -0.1) is 0 Å². The molecule has 134 valence electrons. The highest BCUT2D eigenvalue weighted by molar-refractivity contribution is 7.90. The zero-order chi connectivity index (χ0) is 18.6. The van der Waals surface area contributed by atoms with Gasteiger partial charge >= 0.3 is 0 Å². The molecule has 0 radical (unpaired) electrons. The van der Waals surface area contributed by atoms with E-state index in [4.69, 9.17) is 0 Å². The van der Waals surface area contributed by atoms with Crippen molar-refractivity contribution >= 4 is 27.3 Å². The third kappa shape index (κ3) is 4.48. The van der Waals surface area contributed by atoms with Gasteiger partial charge in [0, 0.05) is 18.5 Å². The Morgan fingerprint density at radius 1 is 1.04 bits per heavy atom. The normalized spacial score (nSPS) is 11.1. The number of benzene rings is 2. The highest BCUT2D eigenvalue weighted by Gasteiger charge is 2.16. The molecule has 0 aliphatic heterocycles. The minimum absolute atomic E-state index is 0.0321. The molecule has 0 aliphatic rings. The summed E-state index contributed by atoms with van der Waals surface area (Å²) in [5.74, 6) is 0.625. The van der Waals surface area contributed by atoms with Crippen molar-refractivity contribution in [1.29, 1.82) is 0 Å². The summed E-state index contributed by atoms with van der Waals surface area (Å²) in [7, 11) is -3.48. The second kappa shape index (κ2) is 7.40. The van der Waals surface area contributed by atoms with Gasteiger partial charge in [0.2, 0.25) is 5.95 Å². The standard InChI is InChI=1S/C18H18N4O3S/c1-26(24,25)16-12-20-18(21-14-7-9-15(23)10-8-14)22-17(16)19-11-13-5-3-2-4-6-13/h2-10,12,23H,11H2,1H3,(H2,19,20,21,22). The van der Waals surface area contributed by atoms with Crippen molar-refractivity contribution in [3.05, 3.63) is 66.4 Å². The van der Waals surface area contributed by atoms with Gasteiger partial charge < -0.3 is 15.7 Å². The van der Waals surface area contributed by atoms with Gasteiger partial charge in [-0.1, -0.05) is 30.3 Å². The summed E-state index contributed by atoms with van der Waals surface area (Å²) < 4.78 is 24.0. The average molecular weight is 370 g/mol. The lowest BCUT2D eigenvalue weighted by atomic mass is 10.2. The SMILES string of the molecule is CS(=O)(=O)c1cnc(Nc2ccc(O)cc2)nc1NCc1ccccc1. The maximum atomic E-state index is 12.0. The lowest BCUT2D eigenvalue weighted by Gasteiger charge is -2.12. The van der Waals surface area contributed by atoms with Crippen molar-refractivity contribution in [3.63, 3.8) is 0 Å². The van der Waals surface area contributed by atoms with Crippen molar-refractivity contribution in [1.82, 2.24) is 9.97 Å². The molecule has 1 aromatic heterocycles. The summed E-state index contributed by atoms with van der Waals surface area (Å²) >= 11 is 0. The molecule has 0 saturated heterocycles. The molecule has 3 aromatic rings. The smallest absolute Gasteiger partial charge is 0.229 e. The molecule has 1 heterocycles. The first-order chi connectivity index (χ1) is 12.4. The van der Waals surface area contributed by atoms with Crippen molar-refractivity contribution in [3.8, 4) is 5.75 Å². The van der Waals surface area contributed by atoms with Gasteiger partial charge in [-0.2, -0.15) is 4.98 Å². The van der Waals surface area contributed by atoms with E-state index in [1.54, 1.807) is 12.1 Å². The lowest BCUT2D eigenvalue weighted by molar-refractivity contribution is 0.475. The van der Waals surface area contributed by atoms with Crippen molar-refractivity contribution in [2.45, 2.75) is 11.4 Å². The Bertz CT molecular complexity index is 991. The van der Waals surface area contributed by atoms with E-state index >= 15 is 0 Å². The van der Waals surface area contributed by atoms with Crippen LogP contribution >= 0.6 is 0 Å². The molecule has 0 amide bonds. The Hall–Kier alpha value is -3.13. The number of phenols is 1. The largest absolute Gasteiger partial charge is 0.508 e. The third-order valence-electron chi connectivity index (χ3n) is 3.58. The van der Waals surface area contributed by atoms with Crippen LogP contribution in [0.4, 0.5) is 17.5 Å². The number of aromatic hydroxyl groups is 1. The van der Waals surface area contributed by atoms with Crippen LogP contribution in [0.1, 0.15) is 5.56 Å². The van der Waals surface area contributed by atoms with Gasteiger partial charge in [0.15, 0.2) is 15.7 Å². The Labute approximate surface area is 151 Å². The lowest BCUT2D eigenvalue weighted by Crippen LogP contribution is -2.10. The quantitative estimate of drug-likeness (QED) is 0.573. The molecule has 7 nitrogen and oxygen atoms in total. The number of aromatic nitrogens is 2. The van der Waals surface area contributed by atoms with Crippen molar-refractivity contribution in [2.75, 3.05) is 16.9 Å². The number of anilines is 3. The predicted octanol–water partition coefficient (Wildman–Crippen LogP) is 2.94. The van der Waals surface area contributed by atoms with Gasteiger partial charge in [0.05, 0.1) is 6.20 Å². The van der Waals surface area contributed by atoms with Crippen molar-refractivity contribution < 1.29 is 13.5 Å². The van der Waals surface area contributed by atoms with Gasteiger partial charge in [0.1, 0.15) is 10.6 Å². The highest BCUT2D eigenvalue weighted by Crippen LogP contribution is 2.23. The van der Waals surface area contributed by atoms with Crippen LogP contribution in [0.2, 0.25) is 0 Å². The third-order valence-corrected chi connectivity index (χ3v) is 4.68. The Morgan fingerprint density at radius 2 is 1.73 bits per heavy atom. The summed E-state index contributed by atoms with van der Waals surface area (Å²) in [6, 6.07) is 16.0. The van der Waals surface area contributed by atoms with Crippen molar-refractivity contribution in [2.24, 2.45) is 0 Å². The first kappa shape index (κ1) is 17.7. The Kier molecular flexibility index (Phi) is 5.04. The van der Waals surface area contributed by atoms with Crippen LogP contribution in [0.25, 0.3) is 0 Å². The number of rotatable bonds is 6. The fourth-order valence-electron chi connectivity index (χ4n) is 2.28. The predicted molar refractivity (Wildman–Crippen MR) is 100 cm³/mol. The molecule has 3 N–H and O–H groups in total. The van der Waals surface area contributed by atoms with Gasteiger partial charge in [-0.3, -0.25) is 0 Å². The average Bonchev–Trinajstić information content (AvgIpc) is 2.62. The maximum Gasteiger partial charge on any atom is 0.229 e. The van der Waals surface area contributed by atoms with Crippen LogP contribution in [0.15, 0.2) is 65.7 Å². The van der Waals surface area contributed by atoms with Gasteiger partial charge in [0.25, 0.3) is 0 Å². The molecular formula is C18H18N4O3S. The van der Waals surface area contributed by atoms with E-state index in [0.29, 0.717) is 12.2 Å². The zero-order valence-corrected chi connectivity index (χ0v) is 14.9. The minimum atomic E-state index is -3.48. The molecule has 8 heteroatoms. The molecule has 0 atom stereocenters. The van der Waals surface area contributed by atoms with Crippen LogP contribution in [0.3, 0.4) is 0 Å². The molecule has 0 unspecified atom stereocenters. The number of phenolic OH excluding ortho intramolecular Hbond substituents is 1. The molecule has 26 heavy (non-hydrogen) atoms. The van der Waals surface area contributed by atoms with Crippen LogP contribution < -0.4 is 10.6 Å². The summed E-state index contributed by atoms with van der Waals surface area (Å²) in [5, 5.41) is 15.4. The van der Waals surface area contributed by atoms with Gasteiger partial charge in [-0.05, 0) is 29.8 Å². The first-order valence-electron chi connectivity index (χ1n) is 7.83. The molecule has 0 saturated carbocycles. The molecule has 0 bridgehead atoms. The van der Waals surface area contributed by atoms with Crippen LogP contribution in [-0.4, -0.2) is 29.7 Å². The number of nitrogens with one attached hydrogen (secondary N) is 2. The Balaban J connectivity index is 1.87. The molecule has 0 fully saturated rings. The molecule has 2 aromatic carbocycles. The van der Waals surface area contributed by atoms with E-state index in [-0.39, 0.29) is 22.4 Å². The van der Waals surface area contributed by atoms with E-state index in [0.717, 1.165) is 11.8 Å². The number of sulfone groups is 1. The molecule has 0 spiro atoms. The van der Waals surface area contributed by atoms with E-state index in [1.807, 2.05) is 30.3 Å². The summed E-state index contributed by atoms with van der Waals surface area (Å²) in [6.07, 6.45) is 2.39. The molecule has 3 rings (SSSR count). The maximum absolute atomic E-state index is 12.0.